The van der Waals surface area contributed by atoms with Gasteiger partial charge in [-0.25, -0.2) is 0 Å². The van der Waals surface area contributed by atoms with Crippen LogP contribution in [0.5, 0.6) is 0 Å². The van der Waals surface area contributed by atoms with E-state index < -0.39 is 80.6 Å². The van der Waals surface area contributed by atoms with E-state index >= 15 is 0 Å². The van der Waals surface area contributed by atoms with Crippen LogP contribution in [-0.2, 0) is 23.7 Å². The highest BCUT2D eigenvalue weighted by molar-refractivity contribution is 5.71. The molecule has 0 radical (unpaired) electrons. The molecule has 0 aromatic carbocycles. The normalized spacial score (nSPS) is 44.3. The van der Waals surface area contributed by atoms with Gasteiger partial charge in [0.15, 0.2) is 12.6 Å². The largest absolute Gasteiger partial charge is 0.463 e. The third-order valence-electron chi connectivity index (χ3n) is 5.19. The van der Waals surface area contributed by atoms with Crippen molar-refractivity contribution < 1.29 is 59.5 Å². The van der Waals surface area contributed by atoms with Crippen molar-refractivity contribution in [2.24, 2.45) is 5.92 Å². The molecule has 0 aromatic heterocycles. The first-order chi connectivity index (χ1) is 13.6. The summed E-state index contributed by atoms with van der Waals surface area (Å²) in [6, 6.07) is 0. The van der Waals surface area contributed by atoms with Crippen LogP contribution in [-0.4, -0.2) is 116 Å². The molecule has 0 aliphatic carbocycles. The van der Waals surface area contributed by atoms with Crippen LogP contribution in [0.3, 0.4) is 0 Å². The minimum Gasteiger partial charge on any atom is -0.463 e. The van der Waals surface area contributed by atoms with E-state index in [1.165, 1.54) is 0 Å². The molecule has 2 fully saturated rings. The van der Waals surface area contributed by atoms with Crippen LogP contribution in [0.4, 0.5) is 0 Å². The zero-order chi connectivity index (χ0) is 21.9. The predicted octanol–water partition coefficient (Wildman–Crippen LogP) is -3.80. The molecule has 170 valence electrons. The van der Waals surface area contributed by atoms with Crippen LogP contribution in [0.2, 0.25) is 0 Å². The second-order valence-electron chi connectivity index (χ2n) is 7.29. The maximum Gasteiger partial charge on any atom is 0.308 e. The van der Waals surface area contributed by atoms with Crippen molar-refractivity contribution in [2.75, 3.05) is 13.2 Å². The summed E-state index contributed by atoms with van der Waals surface area (Å²) >= 11 is 0. The molecule has 0 saturated carbocycles. The van der Waals surface area contributed by atoms with Crippen LogP contribution < -0.4 is 0 Å². The summed E-state index contributed by atoms with van der Waals surface area (Å²) in [6.07, 6.45) is -15.4. The Kier molecular flexibility index (Phi) is 8.72. The van der Waals surface area contributed by atoms with Gasteiger partial charge in [-0.05, 0) is 6.42 Å². The van der Waals surface area contributed by atoms with Gasteiger partial charge >= 0.3 is 5.97 Å². The zero-order valence-electron chi connectivity index (χ0n) is 16.1. The quantitative estimate of drug-likeness (QED) is 0.196. The molecular formula is C17H30O12. The summed E-state index contributed by atoms with van der Waals surface area (Å²) < 4.78 is 20.9. The van der Waals surface area contributed by atoms with E-state index in [1.807, 2.05) is 0 Å². The van der Waals surface area contributed by atoms with Crippen LogP contribution in [0.15, 0.2) is 0 Å². The Labute approximate surface area is 167 Å². The second-order valence-corrected chi connectivity index (χ2v) is 7.29. The van der Waals surface area contributed by atoms with Gasteiger partial charge in [0.1, 0.15) is 55.4 Å². The first kappa shape index (κ1) is 24.3. The topological polar surface area (TPSA) is 196 Å². The van der Waals surface area contributed by atoms with Crippen molar-refractivity contribution in [1.82, 2.24) is 0 Å². The molecule has 0 amide bonds. The number of carbonyl (C=O) groups is 1. The number of aliphatic hydroxyl groups is 7. The standard InChI is InChI=1S/C17H30O12/c1-3-6(2)15(25)26-5-8-10(20)12(22)14(24)17(28-8)29-16-13(23)11(21)9(19)7(4-18)27-16/h6-14,16-24H,3-5H2,1-2H3. The number of aliphatic hydroxyl groups excluding tert-OH is 7. The number of ether oxygens (including phenoxy) is 4. The van der Waals surface area contributed by atoms with Gasteiger partial charge in [0.2, 0.25) is 0 Å². The highest BCUT2D eigenvalue weighted by Crippen LogP contribution is 2.28. The predicted molar refractivity (Wildman–Crippen MR) is 91.9 cm³/mol. The van der Waals surface area contributed by atoms with E-state index in [0.29, 0.717) is 6.42 Å². The van der Waals surface area contributed by atoms with E-state index in [-0.39, 0.29) is 5.92 Å². The van der Waals surface area contributed by atoms with Crippen molar-refractivity contribution in [1.29, 1.82) is 0 Å². The molecule has 2 saturated heterocycles. The van der Waals surface area contributed by atoms with Gasteiger partial charge < -0.3 is 54.7 Å². The van der Waals surface area contributed by atoms with Crippen molar-refractivity contribution in [3.8, 4) is 0 Å². The molecule has 12 heteroatoms. The lowest BCUT2D eigenvalue weighted by Gasteiger charge is -2.44. The van der Waals surface area contributed by atoms with Crippen molar-refractivity contribution >= 4 is 5.97 Å². The lowest BCUT2D eigenvalue weighted by molar-refractivity contribution is -0.376. The first-order valence-corrected chi connectivity index (χ1v) is 9.44. The molecule has 12 nitrogen and oxygen atoms in total. The van der Waals surface area contributed by atoms with Gasteiger partial charge in [0.25, 0.3) is 0 Å². The summed E-state index contributed by atoms with van der Waals surface area (Å²) in [5.41, 5.74) is 0. The number of carbonyl (C=O) groups excluding carboxylic acids is 1. The fourth-order valence-corrected chi connectivity index (χ4v) is 2.95. The Morgan fingerprint density at radius 3 is 1.83 bits per heavy atom. The van der Waals surface area contributed by atoms with Crippen molar-refractivity contribution in [2.45, 2.75) is 81.7 Å². The van der Waals surface area contributed by atoms with Gasteiger partial charge in [-0.15, -0.1) is 0 Å². The van der Waals surface area contributed by atoms with E-state index in [2.05, 4.69) is 0 Å². The monoisotopic (exact) mass is 426 g/mol. The average molecular weight is 426 g/mol. The average Bonchev–Trinajstić information content (AvgIpc) is 2.72. The summed E-state index contributed by atoms with van der Waals surface area (Å²) in [4.78, 5) is 11.8. The molecular weight excluding hydrogens is 396 g/mol. The fraction of sp³-hybridized carbons (Fsp3) is 0.941. The Hall–Kier alpha value is -0.930. The van der Waals surface area contributed by atoms with Gasteiger partial charge in [-0.1, -0.05) is 13.8 Å². The molecule has 7 N–H and O–H groups in total. The molecule has 0 bridgehead atoms. The number of hydrogen-bond acceptors (Lipinski definition) is 12. The molecule has 2 rings (SSSR count). The summed E-state index contributed by atoms with van der Waals surface area (Å²) in [5.74, 6) is -0.914. The van der Waals surface area contributed by atoms with E-state index in [1.54, 1.807) is 13.8 Å². The van der Waals surface area contributed by atoms with E-state index in [9.17, 15) is 40.5 Å². The third kappa shape index (κ3) is 5.41. The summed E-state index contributed by atoms with van der Waals surface area (Å²) in [5, 5.41) is 69.1. The fourth-order valence-electron chi connectivity index (χ4n) is 2.95. The molecule has 2 heterocycles. The minimum absolute atomic E-state index is 0.382. The first-order valence-electron chi connectivity index (χ1n) is 9.44. The maximum atomic E-state index is 11.8. The van der Waals surface area contributed by atoms with Gasteiger partial charge in [-0.2, -0.15) is 0 Å². The van der Waals surface area contributed by atoms with E-state index in [0.717, 1.165) is 0 Å². The molecule has 2 aliphatic rings. The molecule has 11 atom stereocenters. The molecule has 0 aromatic rings. The van der Waals surface area contributed by atoms with Gasteiger partial charge in [0, 0.05) is 0 Å². The van der Waals surface area contributed by atoms with Crippen LogP contribution in [0.25, 0.3) is 0 Å². The highest BCUT2D eigenvalue weighted by Gasteiger charge is 2.49. The second kappa shape index (κ2) is 10.4. The lowest BCUT2D eigenvalue weighted by atomic mass is 9.98. The van der Waals surface area contributed by atoms with Crippen LogP contribution in [0.1, 0.15) is 20.3 Å². The van der Waals surface area contributed by atoms with E-state index in [4.69, 9.17) is 18.9 Å². The lowest BCUT2D eigenvalue weighted by Crippen LogP contribution is -2.63. The summed E-state index contributed by atoms with van der Waals surface area (Å²) in [7, 11) is 0. The Bertz CT molecular complexity index is 531. The van der Waals surface area contributed by atoms with Crippen molar-refractivity contribution in [3.63, 3.8) is 0 Å². The Morgan fingerprint density at radius 2 is 1.34 bits per heavy atom. The molecule has 29 heavy (non-hydrogen) atoms. The SMILES string of the molecule is CCC(C)C(=O)OCC1OC(OC2OC(CO)C(O)C(O)C2O)C(O)C(O)C1O. The number of esters is 1. The Morgan fingerprint density at radius 1 is 0.862 bits per heavy atom. The third-order valence-corrected chi connectivity index (χ3v) is 5.19. The van der Waals surface area contributed by atoms with Gasteiger partial charge in [-0.3, -0.25) is 4.79 Å². The molecule has 11 unspecified atom stereocenters. The summed E-state index contributed by atoms with van der Waals surface area (Å²) in [6.45, 7) is 2.34. The highest BCUT2D eigenvalue weighted by atomic mass is 16.8. The van der Waals surface area contributed by atoms with Crippen LogP contribution in [0, 0.1) is 5.92 Å². The molecule has 2 aliphatic heterocycles. The zero-order valence-corrected chi connectivity index (χ0v) is 16.1. The minimum atomic E-state index is -1.76. The molecule has 0 spiro atoms. The smallest absolute Gasteiger partial charge is 0.308 e. The number of rotatable bonds is 7. The van der Waals surface area contributed by atoms with Crippen LogP contribution >= 0.6 is 0 Å². The maximum absolute atomic E-state index is 11.8. The van der Waals surface area contributed by atoms with Crippen molar-refractivity contribution in [3.05, 3.63) is 0 Å². The number of hydrogen-bond donors (Lipinski definition) is 7. The van der Waals surface area contributed by atoms with Gasteiger partial charge in [0.05, 0.1) is 12.5 Å². The Balaban J connectivity index is 2.04.